The van der Waals surface area contributed by atoms with Crippen LogP contribution in [0.2, 0.25) is 0 Å². The van der Waals surface area contributed by atoms with Gasteiger partial charge in [-0.05, 0) is 18.2 Å². The van der Waals surface area contributed by atoms with Crippen molar-refractivity contribution in [2.24, 2.45) is 0 Å². The number of benzene rings is 1. The molecule has 7 nitrogen and oxygen atoms in total. The van der Waals surface area contributed by atoms with Gasteiger partial charge < -0.3 is 15.2 Å². The van der Waals surface area contributed by atoms with E-state index in [4.69, 9.17) is 9.84 Å². The number of aromatic nitrogens is 3. The molecule has 0 bridgehead atoms. The van der Waals surface area contributed by atoms with Crippen LogP contribution in [-0.2, 0) is 4.79 Å². The molecular weight excluding hydrogens is 316 g/mol. The third-order valence-corrected chi connectivity index (χ3v) is 3.86. The number of thiazole rings is 1. The minimum Gasteiger partial charge on any atom is -0.461 e. The molecule has 0 atom stereocenters. The Balaban J connectivity index is 1.92. The van der Waals surface area contributed by atoms with Crippen molar-refractivity contribution in [1.29, 1.82) is 0 Å². The fourth-order valence-corrected chi connectivity index (χ4v) is 2.95. The third-order valence-electron chi connectivity index (χ3n) is 2.92. The molecule has 2 aromatic heterocycles. The fourth-order valence-electron chi connectivity index (χ4n) is 2.00. The number of nitrogens with one attached hydrogen (secondary N) is 1. The Kier molecular flexibility index (Phi) is 4.45. The zero-order valence-electron chi connectivity index (χ0n) is 12.3. The van der Waals surface area contributed by atoms with Crippen LogP contribution in [0.4, 0.5) is 5.13 Å². The highest BCUT2D eigenvalue weighted by Gasteiger charge is 2.08. The summed E-state index contributed by atoms with van der Waals surface area (Å²) in [5, 5.41) is 12.0. The van der Waals surface area contributed by atoms with Crippen LogP contribution in [0.5, 0.6) is 6.01 Å². The van der Waals surface area contributed by atoms with Crippen LogP contribution in [0.25, 0.3) is 21.5 Å². The van der Waals surface area contributed by atoms with Crippen molar-refractivity contribution >= 4 is 32.6 Å². The lowest BCUT2D eigenvalue weighted by atomic mass is 10.1. The normalized spacial score (nSPS) is 10.7. The molecule has 0 radical (unpaired) electrons. The van der Waals surface area contributed by atoms with Crippen molar-refractivity contribution in [3.8, 4) is 17.3 Å². The van der Waals surface area contributed by atoms with Crippen LogP contribution in [0.15, 0.2) is 30.5 Å². The summed E-state index contributed by atoms with van der Waals surface area (Å²) >= 11 is 1.40. The van der Waals surface area contributed by atoms with E-state index in [0.717, 1.165) is 15.8 Å². The molecule has 2 heterocycles. The number of hydrogen-bond acceptors (Lipinski definition) is 7. The zero-order chi connectivity index (χ0) is 16.2. The number of carbonyl (C=O) groups is 1. The van der Waals surface area contributed by atoms with Gasteiger partial charge in [-0.1, -0.05) is 17.4 Å². The van der Waals surface area contributed by atoms with Gasteiger partial charge in [-0.25, -0.2) is 9.97 Å². The van der Waals surface area contributed by atoms with Gasteiger partial charge in [0.15, 0.2) is 5.13 Å². The SMILES string of the molecule is CC(=O)Nc1nc2ccc(-c3ccnc(OCCO)n3)cc2s1. The molecule has 0 aliphatic rings. The van der Waals surface area contributed by atoms with Gasteiger partial charge in [-0.2, -0.15) is 4.98 Å². The van der Waals surface area contributed by atoms with Gasteiger partial charge in [-0.3, -0.25) is 4.79 Å². The second kappa shape index (κ2) is 6.67. The van der Waals surface area contributed by atoms with Crippen LogP contribution < -0.4 is 10.1 Å². The summed E-state index contributed by atoms with van der Waals surface area (Å²) in [7, 11) is 0. The Bertz CT molecular complexity index is 850. The van der Waals surface area contributed by atoms with Crippen molar-refractivity contribution in [1.82, 2.24) is 15.0 Å². The minimum atomic E-state index is -0.147. The molecule has 8 heteroatoms. The van der Waals surface area contributed by atoms with Gasteiger partial charge in [-0.15, -0.1) is 0 Å². The first-order chi connectivity index (χ1) is 11.2. The molecule has 0 aliphatic carbocycles. The van der Waals surface area contributed by atoms with E-state index in [0.29, 0.717) is 10.8 Å². The summed E-state index contributed by atoms with van der Waals surface area (Å²) in [5.74, 6) is -0.147. The zero-order valence-corrected chi connectivity index (χ0v) is 13.1. The monoisotopic (exact) mass is 330 g/mol. The van der Waals surface area contributed by atoms with Gasteiger partial charge >= 0.3 is 6.01 Å². The molecule has 0 fully saturated rings. The van der Waals surface area contributed by atoms with Crippen LogP contribution >= 0.6 is 11.3 Å². The predicted octanol–water partition coefficient (Wildman–Crippen LogP) is 2.08. The lowest BCUT2D eigenvalue weighted by Crippen LogP contribution is -2.04. The van der Waals surface area contributed by atoms with E-state index in [-0.39, 0.29) is 25.1 Å². The largest absolute Gasteiger partial charge is 0.461 e. The topological polar surface area (TPSA) is 97.2 Å². The first-order valence-electron chi connectivity index (χ1n) is 6.91. The number of ether oxygens (including phenoxy) is 1. The number of amides is 1. The van der Waals surface area contributed by atoms with E-state index in [1.807, 2.05) is 18.2 Å². The van der Waals surface area contributed by atoms with Gasteiger partial charge in [0.1, 0.15) is 6.61 Å². The fraction of sp³-hybridized carbons (Fsp3) is 0.200. The second-order valence-electron chi connectivity index (χ2n) is 4.68. The van der Waals surface area contributed by atoms with E-state index in [1.165, 1.54) is 18.3 Å². The summed E-state index contributed by atoms with van der Waals surface area (Å²) in [6.07, 6.45) is 1.61. The summed E-state index contributed by atoms with van der Waals surface area (Å²) in [4.78, 5) is 23.8. The number of aliphatic hydroxyl groups is 1. The maximum Gasteiger partial charge on any atom is 0.316 e. The minimum absolute atomic E-state index is 0.0909. The third kappa shape index (κ3) is 3.61. The molecule has 2 N–H and O–H groups in total. The van der Waals surface area contributed by atoms with Gasteiger partial charge in [0.05, 0.1) is 22.5 Å². The Labute approximate surface area is 136 Å². The quantitative estimate of drug-likeness (QED) is 0.743. The lowest BCUT2D eigenvalue weighted by Gasteiger charge is -2.04. The van der Waals surface area contributed by atoms with E-state index >= 15 is 0 Å². The van der Waals surface area contributed by atoms with E-state index in [9.17, 15) is 4.79 Å². The summed E-state index contributed by atoms with van der Waals surface area (Å²) in [6, 6.07) is 7.74. The molecule has 118 valence electrons. The van der Waals surface area contributed by atoms with Gasteiger partial charge in [0.2, 0.25) is 5.91 Å². The molecule has 3 rings (SSSR count). The van der Waals surface area contributed by atoms with Crippen LogP contribution in [0.1, 0.15) is 6.92 Å². The van der Waals surface area contributed by atoms with E-state index < -0.39 is 0 Å². The van der Waals surface area contributed by atoms with Crippen molar-refractivity contribution in [3.05, 3.63) is 30.5 Å². The molecule has 0 spiro atoms. The molecular formula is C15H14N4O3S. The summed E-state index contributed by atoms with van der Waals surface area (Å²) < 4.78 is 6.17. The highest BCUT2D eigenvalue weighted by Crippen LogP contribution is 2.30. The average Bonchev–Trinajstić information content (AvgIpc) is 2.93. The number of anilines is 1. The van der Waals surface area contributed by atoms with Gasteiger partial charge in [0.25, 0.3) is 0 Å². The smallest absolute Gasteiger partial charge is 0.316 e. The van der Waals surface area contributed by atoms with E-state index in [1.54, 1.807) is 12.3 Å². The number of rotatable bonds is 5. The Hall–Kier alpha value is -2.58. The summed E-state index contributed by atoms with van der Waals surface area (Å²) in [6.45, 7) is 1.51. The van der Waals surface area contributed by atoms with Gasteiger partial charge in [0, 0.05) is 18.7 Å². The number of aliphatic hydroxyl groups excluding tert-OH is 1. The molecule has 23 heavy (non-hydrogen) atoms. The summed E-state index contributed by atoms with van der Waals surface area (Å²) in [5.41, 5.74) is 2.42. The highest BCUT2D eigenvalue weighted by atomic mass is 32.1. The predicted molar refractivity (Wildman–Crippen MR) is 87.5 cm³/mol. The Morgan fingerprint density at radius 3 is 3.00 bits per heavy atom. The highest BCUT2D eigenvalue weighted by molar-refractivity contribution is 7.22. The maximum atomic E-state index is 11.1. The number of fused-ring (bicyclic) bond motifs is 1. The Morgan fingerprint density at radius 2 is 2.22 bits per heavy atom. The number of carbonyl (C=O) groups excluding carboxylic acids is 1. The first kappa shape index (κ1) is 15.3. The van der Waals surface area contributed by atoms with E-state index in [2.05, 4.69) is 20.3 Å². The van der Waals surface area contributed by atoms with Crippen LogP contribution in [0.3, 0.4) is 0 Å². The Morgan fingerprint density at radius 1 is 1.35 bits per heavy atom. The molecule has 1 amide bonds. The number of hydrogen-bond donors (Lipinski definition) is 2. The molecule has 1 aromatic carbocycles. The first-order valence-corrected chi connectivity index (χ1v) is 7.72. The lowest BCUT2D eigenvalue weighted by molar-refractivity contribution is -0.114. The molecule has 0 saturated heterocycles. The molecule has 0 saturated carbocycles. The van der Waals surface area contributed by atoms with Crippen molar-refractivity contribution in [2.75, 3.05) is 18.5 Å². The molecule has 3 aromatic rings. The average molecular weight is 330 g/mol. The molecule has 0 unspecified atom stereocenters. The number of nitrogens with zero attached hydrogens (tertiary/aromatic N) is 3. The van der Waals surface area contributed by atoms with Crippen LogP contribution in [-0.4, -0.2) is 39.2 Å². The second-order valence-corrected chi connectivity index (χ2v) is 5.71. The standard InChI is InChI=1S/C15H14N4O3S/c1-9(21)17-15-19-12-3-2-10(8-13(12)23-15)11-4-5-16-14(18-11)22-7-6-20/h2-5,8,20H,6-7H2,1H3,(H,17,19,21). The van der Waals surface area contributed by atoms with Crippen LogP contribution in [0, 0.1) is 0 Å². The van der Waals surface area contributed by atoms with Crippen molar-refractivity contribution in [3.63, 3.8) is 0 Å². The van der Waals surface area contributed by atoms with Crippen molar-refractivity contribution in [2.45, 2.75) is 6.92 Å². The van der Waals surface area contributed by atoms with Crippen molar-refractivity contribution < 1.29 is 14.6 Å². The maximum absolute atomic E-state index is 11.1. The molecule has 0 aliphatic heterocycles.